The van der Waals surface area contributed by atoms with E-state index >= 15 is 0 Å². The van der Waals surface area contributed by atoms with Crippen LogP contribution in [0, 0.1) is 5.82 Å². The zero-order valence-electron chi connectivity index (χ0n) is 17.2. The molecule has 31 heavy (non-hydrogen) atoms. The number of Topliss-reactive ketones (excluding diaryl/α,β-unsaturated/α-hetero) is 1. The maximum Gasteiger partial charge on any atom is 0.295 e. The lowest BCUT2D eigenvalue weighted by Gasteiger charge is -2.28. The molecular formula is C23H23Cl2FN2O3. The standard InChI is InChI=1S/C23H23Cl2FN2O3/c1-3-27(4-2)11-12-28-20(15-7-5-6-8-18(15)26)19(22(30)23(28)31)21(29)14-9-10-16(24)17(25)13-14/h5-10,13,20,29H,3-4,11-12H2,1-2H3/b21-19+. The third-order valence-corrected chi connectivity index (χ3v) is 6.22. The predicted molar refractivity (Wildman–Crippen MR) is 120 cm³/mol. The molecule has 0 saturated carbocycles. The Morgan fingerprint density at radius 2 is 1.77 bits per heavy atom. The molecule has 1 saturated heterocycles. The number of hydrogen-bond donors (Lipinski definition) is 1. The minimum atomic E-state index is -1.05. The summed E-state index contributed by atoms with van der Waals surface area (Å²) in [5, 5.41) is 11.4. The maximum absolute atomic E-state index is 14.8. The van der Waals surface area contributed by atoms with Crippen molar-refractivity contribution in [2.75, 3.05) is 26.2 Å². The molecule has 1 fully saturated rings. The Kier molecular flexibility index (Phi) is 7.36. The van der Waals surface area contributed by atoms with Crippen molar-refractivity contribution in [3.63, 3.8) is 0 Å². The lowest BCUT2D eigenvalue weighted by Crippen LogP contribution is -2.38. The van der Waals surface area contributed by atoms with Crippen molar-refractivity contribution in [3.05, 3.63) is 75.0 Å². The van der Waals surface area contributed by atoms with Gasteiger partial charge in [-0.15, -0.1) is 0 Å². The number of halogens is 3. The second kappa shape index (κ2) is 9.81. The summed E-state index contributed by atoms with van der Waals surface area (Å²) in [4.78, 5) is 29.3. The Balaban J connectivity index is 2.14. The van der Waals surface area contributed by atoms with Crippen molar-refractivity contribution >= 4 is 40.7 Å². The quantitative estimate of drug-likeness (QED) is 0.359. The SMILES string of the molecule is CCN(CC)CCN1C(=O)C(=O)/C(=C(/O)c2ccc(Cl)c(Cl)c2)C1c1ccccc1F. The van der Waals surface area contributed by atoms with Crippen LogP contribution in [0.1, 0.15) is 31.0 Å². The van der Waals surface area contributed by atoms with E-state index in [1.807, 2.05) is 13.8 Å². The molecular weight excluding hydrogens is 442 g/mol. The molecule has 2 aromatic rings. The molecule has 1 N–H and O–H groups in total. The van der Waals surface area contributed by atoms with E-state index in [0.29, 0.717) is 6.54 Å². The van der Waals surface area contributed by atoms with Gasteiger partial charge in [-0.3, -0.25) is 9.59 Å². The van der Waals surface area contributed by atoms with Crippen LogP contribution in [0.2, 0.25) is 10.0 Å². The number of rotatable bonds is 7. The highest BCUT2D eigenvalue weighted by atomic mass is 35.5. The largest absolute Gasteiger partial charge is 0.507 e. The van der Waals surface area contributed by atoms with E-state index < -0.39 is 29.3 Å². The second-order valence-corrected chi connectivity index (χ2v) is 7.98. The number of hydrogen-bond acceptors (Lipinski definition) is 4. The first-order valence-electron chi connectivity index (χ1n) is 10.0. The van der Waals surface area contributed by atoms with Crippen molar-refractivity contribution in [1.29, 1.82) is 0 Å². The number of likely N-dealkylation sites (N-methyl/N-ethyl adjacent to an activating group) is 1. The van der Waals surface area contributed by atoms with Crippen LogP contribution in [0.25, 0.3) is 5.76 Å². The number of aliphatic hydroxyl groups is 1. The minimum Gasteiger partial charge on any atom is -0.507 e. The molecule has 2 aromatic carbocycles. The molecule has 0 radical (unpaired) electrons. The van der Waals surface area contributed by atoms with Crippen molar-refractivity contribution < 1.29 is 19.1 Å². The average molecular weight is 465 g/mol. The van der Waals surface area contributed by atoms with E-state index in [4.69, 9.17) is 23.2 Å². The fourth-order valence-corrected chi connectivity index (χ4v) is 4.02. The summed E-state index contributed by atoms with van der Waals surface area (Å²) in [6, 6.07) is 9.25. The van der Waals surface area contributed by atoms with Crippen molar-refractivity contribution in [2.45, 2.75) is 19.9 Å². The maximum atomic E-state index is 14.8. The Morgan fingerprint density at radius 3 is 2.39 bits per heavy atom. The molecule has 1 amide bonds. The monoisotopic (exact) mass is 464 g/mol. The smallest absolute Gasteiger partial charge is 0.295 e. The highest BCUT2D eigenvalue weighted by molar-refractivity contribution is 6.46. The van der Waals surface area contributed by atoms with Crippen LogP contribution < -0.4 is 0 Å². The number of carbonyl (C=O) groups excluding carboxylic acids is 2. The van der Waals surface area contributed by atoms with Gasteiger partial charge in [0.1, 0.15) is 11.6 Å². The van der Waals surface area contributed by atoms with Crippen LogP contribution in [0.3, 0.4) is 0 Å². The van der Waals surface area contributed by atoms with Gasteiger partial charge in [-0.05, 0) is 37.4 Å². The van der Waals surface area contributed by atoms with Crippen LogP contribution in [-0.4, -0.2) is 52.8 Å². The molecule has 1 unspecified atom stereocenters. The van der Waals surface area contributed by atoms with Crippen LogP contribution >= 0.6 is 23.2 Å². The lowest BCUT2D eigenvalue weighted by atomic mass is 9.95. The molecule has 1 aliphatic heterocycles. The zero-order valence-corrected chi connectivity index (χ0v) is 18.8. The molecule has 164 valence electrons. The second-order valence-electron chi connectivity index (χ2n) is 7.17. The highest BCUT2D eigenvalue weighted by Crippen LogP contribution is 2.40. The van der Waals surface area contributed by atoms with Gasteiger partial charge < -0.3 is 14.9 Å². The Labute approximate surface area is 190 Å². The molecule has 8 heteroatoms. The van der Waals surface area contributed by atoms with Crippen molar-refractivity contribution in [1.82, 2.24) is 9.80 Å². The predicted octanol–water partition coefficient (Wildman–Crippen LogP) is 4.90. The van der Waals surface area contributed by atoms with Crippen molar-refractivity contribution in [2.24, 2.45) is 0 Å². The Morgan fingerprint density at radius 1 is 1.10 bits per heavy atom. The lowest BCUT2D eigenvalue weighted by molar-refractivity contribution is -0.140. The Hall–Kier alpha value is -2.41. The molecule has 1 heterocycles. The first-order valence-corrected chi connectivity index (χ1v) is 10.8. The van der Waals surface area contributed by atoms with E-state index in [2.05, 4.69) is 4.90 Å². The summed E-state index contributed by atoms with van der Waals surface area (Å²) >= 11 is 12.0. The molecule has 1 atom stereocenters. The molecule has 0 aliphatic carbocycles. The fourth-order valence-electron chi connectivity index (χ4n) is 3.72. The molecule has 0 spiro atoms. The van der Waals surface area contributed by atoms with E-state index in [1.165, 1.54) is 41.3 Å². The van der Waals surface area contributed by atoms with Gasteiger partial charge in [-0.1, -0.05) is 55.2 Å². The summed E-state index contributed by atoms with van der Waals surface area (Å²) < 4.78 is 14.8. The number of aliphatic hydroxyl groups excluding tert-OH is 1. The van der Waals surface area contributed by atoms with E-state index in [1.54, 1.807) is 6.07 Å². The minimum absolute atomic E-state index is 0.142. The summed E-state index contributed by atoms with van der Waals surface area (Å²) in [5.74, 6) is -2.63. The Bertz CT molecular complexity index is 1040. The molecule has 0 bridgehead atoms. The van der Waals surface area contributed by atoms with E-state index in [0.717, 1.165) is 13.1 Å². The van der Waals surface area contributed by atoms with Gasteiger partial charge in [-0.25, -0.2) is 4.39 Å². The third-order valence-electron chi connectivity index (χ3n) is 5.48. The molecule has 5 nitrogen and oxygen atoms in total. The van der Waals surface area contributed by atoms with Gasteiger partial charge in [0.15, 0.2) is 0 Å². The summed E-state index contributed by atoms with van der Waals surface area (Å²) in [6.45, 7) is 6.26. The van der Waals surface area contributed by atoms with Crippen LogP contribution in [0.4, 0.5) is 4.39 Å². The zero-order chi connectivity index (χ0) is 22.7. The molecule has 3 rings (SSSR count). The number of benzene rings is 2. The fraction of sp³-hybridized carbons (Fsp3) is 0.304. The highest BCUT2D eigenvalue weighted by Gasteiger charge is 2.46. The number of nitrogens with zero attached hydrogens (tertiary/aromatic N) is 2. The summed E-state index contributed by atoms with van der Waals surface area (Å²) in [5.41, 5.74) is 0.188. The van der Waals surface area contributed by atoms with Crippen molar-refractivity contribution in [3.8, 4) is 0 Å². The van der Waals surface area contributed by atoms with Gasteiger partial charge in [0.2, 0.25) is 0 Å². The van der Waals surface area contributed by atoms with Gasteiger partial charge >= 0.3 is 0 Å². The van der Waals surface area contributed by atoms with Gasteiger partial charge in [0, 0.05) is 24.2 Å². The van der Waals surface area contributed by atoms with Gasteiger partial charge in [0.05, 0.1) is 21.7 Å². The van der Waals surface area contributed by atoms with Crippen LogP contribution in [0.5, 0.6) is 0 Å². The van der Waals surface area contributed by atoms with Crippen LogP contribution in [0.15, 0.2) is 48.0 Å². The van der Waals surface area contributed by atoms with E-state index in [-0.39, 0.29) is 33.3 Å². The number of amides is 1. The van der Waals surface area contributed by atoms with Gasteiger partial charge in [0.25, 0.3) is 11.7 Å². The average Bonchev–Trinajstić information content (AvgIpc) is 3.01. The first kappa shape index (κ1) is 23.3. The summed E-state index contributed by atoms with van der Waals surface area (Å²) in [7, 11) is 0. The summed E-state index contributed by atoms with van der Waals surface area (Å²) in [6.07, 6.45) is 0. The third kappa shape index (κ3) is 4.61. The number of ketones is 1. The first-order chi connectivity index (χ1) is 14.8. The molecule has 0 aromatic heterocycles. The van der Waals surface area contributed by atoms with E-state index in [9.17, 15) is 19.1 Å². The molecule has 1 aliphatic rings. The number of carbonyl (C=O) groups is 2. The van der Waals surface area contributed by atoms with Gasteiger partial charge in [-0.2, -0.15) is 0 Å². The normalized spacial score (nSPS) is 18.3. The van der Waals surface area contributed by atoms with Crippen LogP contribution in [-0.2, 0) is 9.59 Å². The number of likely N-dealkylation sites (tertiary alicyclic amines) is 1. The topological polar surface area (TPSA) is 60.9 Å².